The van der Waals surface area contributed by atoms with E-state index in [-0.39, 0.29) is 36.8 Å². The molecule has 0 saturated heterocycles. The summed E-state index contributed by atoms with van der Waals surface area (Å²) < 4.78 is 27.8. The van der Waals surface area contributed by atoms with Crippen molar-refractivity contribution < 1.29 is 40.3 Å². The summed E-state index contributed by atoms with van der Waals surface area (Å²) in [6.07, 6.45) is 0. The number of benzene rings is 3. The number of aryl methyl sites for hydroxylation is 1. The molecule has 3 aromatic carbocycles. The van der Waals surface area contributed by atoms with Gasteiger partial charge in [-0.15, -0.1) is 12.1 Å². The van der Waals surface area contributed by atoms with Crippen molar-refractivity contribution in [3.63, 3.8) is 0 Å². The fraction of sp³-hybridized carbons (Fsp3) is 0.226. The van der Waals surface area contributed by atoms with Gasteiger partial charge in [-0.25, -0.2) is 4.21 Å². The van der Waals surface area contributed by atoms with E-state index < -0.39 is 22.1 Å². The van der Waals surface area contributed by atoms with Crippen LogP contribution in [0.2, 0.25) is 0 Å². The molecule has 4 rings (SSSR count). The van der Waals surface area contributed by atoms with Crippen LogP contribution >= 0.6 is 0 Å². The zero-order chi connectivity index (χ0) is 26.1. The predicted octanol–water partition coefficient (Wildman–Crippen LogP) is 5.04. The summed E-state index contributed by atoms with van der Waals surface area (Å²) in [5.74, 6) is 6.47. The fourth-order valence-corrected chi connectivity index (χ4v) is 4.57. The van der Waals surface area contributed by atoms with Gasteiger partial charge < -0.3 is 22.9 Å². The fourth-order valence-electron chi connectivity index (χ4n) is 3.41. The average molecular weight is 632 g/mol. The minimum absolute atomic E-state index is 0. The van der Waals surface area contributed by atoms with E-state index in [1.165, 1.54) is 0 Å². The molecular formula is C31H31ClN2O2RuS+. The van der Waals surface area contributed by atoms with Crippen LogP contribution < -0.4 is 12.4 Å². The Balaban J connectivity index is 0.000000511. The first-order valence-electron chi connectivity index (χ1n) is 11.8. The minimum Gasteiger partial charge on any atom is -1.00 e. The van der Waals surface area contributed by atoms with Crippen molar-refractivity contribution in [1.29, 1.82) is 0 Å². The van der Waals surface area contributed by atoms with Gasteiger partial charge in [0.1, 0.15) is 0 Å². The van der Waals surface area contributed by atoms with Crippen LogP contribution in [0.5, 0.6) is 0 Å². The summed E-state index contributed by atoms with van der Waals surface area (Å²) in [5, 5.41) is 0. The number of rotatable bonds is 7. The second-order valence-electron chi connectivity index (χ2n) is 8.85. The Labute approximate surface area is 246 Å². The molecule has 0 aliphatic heterocycles. The van der Waals surface area contributed by atoms with Crippen molar-refractivity contribution >= 4 is 10.0 Å². The van der Waals surface area contributed by atoms with E-state index >= 15 is 0 Å². The molecule has 7 heteroatoms. The summed E-state index contributed by atoms with van der Waals surface area (Å²) in [7, 11) is -3.62. The summed E-state index contributed by atoms with van der Waals surface area (Å²) >= 11 is 0. The van der Waals surface area contributed by atoms with Gasteiger partial charge in [0.05, 0.1) is 10.5 Å². The van der Waals surface area contributed by atoms with Crippen molar-refractivity contribution in [3.05, 3.63) is 135 Å². The van der Waals surface area contributed by atoms with Crippen LogP contribution in [0, 0.1) is 24.7 Å². The van der Waals surface area contributed by atoms with Gasteiger partial charge in [-0.3, -0.25) is 0 Å². The van der Waals surface area contributed by atoms with Crippen LogP contribution in [0.1, 0.15) is 49.5 Å². The molecule has 2 N–H and O–H groups in total. The maximum atomic E-state index is 12.9. The quantitative estimate of drug-likeness (QED) is 0.156. The molecule has 3 atom stereocenters. The largest absolute Gasteiger partial charge is 3.00 e. The number of allylic oxidation sites excluding steroid dienone is 2. The number of nitrogens with one attached hydrogen (secondary N) is 1. The predicted molar refractivity (Wildman–Crippen MR) is 148 cm³/mol. The monoisotopic (exact) mass is 632 g/mol. The molecular weight excluding hydrogens is 601 g/mol. The van der Waals surface area contributed by atoms with E-state index in [9.17, 15) is 8.42 Å². The third kappa shape index (κ3) is 9.56. The molecule has 1 unspecified atom stereocenters. The van der Waals surface area contributed by atoms with E-state index in [1.54, 1.807) is 24.3 Å². The van der Waals surface area contributed by atoms with Crippen LogP contribution in [-0.4, -0.2) is 8.42 Å². The Morgan fingerprint density at radius 1 is 0.816 bits per heavy atom. The van der Waals surface area contributed by atoms with E-state index in [4.69, 9.17) is 5.73 Å². The average Bonchev–Trinajstić information content (AvgIpc) is 2.89. The van der Waals surface area contributed by atoms with Crippen LogP contribution in [0.15, 0.2) is 112 Å². The standard InChI is InChI=1S/C21H20N2O2S.C10H10.ClH.Ru/c1-16-12-14-19(15-13-16)26(24,25)23-21(18-10-6-3-7-11-18)20(22)17-8-4-2-5-9-17;1-8(2)10-6-4-9(3)5-7-10;;/h2-15,20-22H,1H3;8H,1-3H3;1H;/q-2;;;+3/t20-,21-;;;/m0.../s1. The van der Waals surface area contributed by atoms with Crippen molar-refractivity contribution in [3.8, 4) is 11.8 Å². The van der Waals surface area contributed by atoms with Gasteiger partial charge in [0.15, 0.2) is 0 Å². The molecule has 197 valence electrons. The Morgan fingerprint density at radius 2 is 1.34 bits per heavy atom. The maximum Gasteiger partial charge on any atom is 3.00 e. The molecule has 0 aromatic heterocycles. The topological polar surface area (TPSA) is 76.4 Å². The summed E-state index contributed by atoms with van der Waals surface area (Å²) in [6, 6.07) is 23.8. The Bertz CT molecular complexity index is 1450. The zero-order valence-electron chi connectivity index (χ0n) is 21.8. The van der Waals surface area contributed by atoms with Gasteiger partial charge in [0.25, 0.3) is 0 Å². The second kappa shape index (κ2) is 15.7. The van der Waals surface area contributed by atoms with Crippen molar-refractivity contribution in [2.45, 2.75) is 44.7 Å². The van der Waals surface area contributed by atoms with Gasteiger partial charge in [0.2, 0.25) is 10.0 Å². The van der Waals surface area contributed by atoms with E-state index in [0.717, 1.165) is 27.8 Å². The van der Waals surface area contributed by atoms with Crippen LogP contribution in [-0.2, 0) is 29.5 Å². The minimum atomic E-state index is -3.62. The molecule has 4 nitrogen and oxygen atoms in total. The molecule has 38 heavy (non-hydrogen) atoms. The van der Waals surface area contributed by atoms with E-state index in [1.807, 2.05) is 74.5 Å². The first kappa shape index (κ1) is 33.3. The number of halogens is 1. The summed E-state index contributed by atoms with van der Waals surface area (Å²) in [6.45, 7) is 8.08. The summed E-state index contributed by atoms with van der Waals surface area (Å²) in [5.41, 5.74) is 19.2. The SMILES string of the molecule is CC1=C=C=C(C(C)C)C#C1.Cc1ccc(S(=O)(=[OH+])[N-][C@@H](c2ccccc2)[C@@H]([NH-])c2ccccc2)cc1.[Cl-].[Ru+3]. The maximum absolute atomic E-state index is 12.9. The molecule has 0 spiro atoms. The molecule has 3 aromatic rings. The van der Waals surface area contributed by atoms with E-state index in [2.05, 4.69) is 41.9 Å². The van der Waals surface area contributed by atoms with Crippen molar-refractivity contribution in [2.75, 3.05) is 0 Å². The molecule has 0 fully saturated rings. The molecule has 1 radical (unpaired) electrons. The molecule has 1 aliphatic rings. The normalized spacial score (nSPS) is 14.5. The number of hydrogen-bond acceptors (Lipinski definition) is 1. The first-order valence-corrected chi connectivity index (χ1v) is 13.3. The Hall–Kier alpha value is -2.70. The zero-order valence-corrected chi connectivity index (χ0v) is 25.1. The molecule has 0 amide bonds. The van der Waals surface area contributed by atoms with Gasteiger partial charge in [-0.2, -0.15) is 4.21 Å². The molecule has 0 heterocycles. The van der Waals surface area contributed by atoms with Crippen LogP contribution in [0.4, 0.5) is 0 Å². The Kier molecular flexibility index (Phi) is 13.7. The smallest absolute Gasteiger partial charge is 1.00 e. The number of hydrogen-bond donors (Lipinski definition) is 0. The van der Waals surface area contributed by atoms with Gasteiger partial charge >= 0.3 is 19.5 Å². The molecule has 0 saturated carbocycles. The third-order valence-electron chi connectivity index (χ3n) is 5.55. The van der Waals surface area contributed by atoms with Crippen molar-refractivity contribution in [1.82, 2.24) is 0 Å². The third-order valence-corrected chi connectivity index (χ3v) is 6.95. The van der Waals surface area contributed by atoms with E-state index in [0.29, 0.717) is 5.92 Å². The van der Waals surface area contributed by atoms with Gasteiger partial charge in [-0.05, 0) is 31.9 Å². The van der Waals surface area contributed by atoms with Crippen LogP contribution in [0.3, 0.4) is 0 Å². The van der Waals surface area contributed by atoms with Crippen LogP contribution in [0.25, 0.3) is 10.5 Å². The molecule has 0 bridgehead atoms. The first-order chi connectivity index (χ1) is 17.2. The van der Waals surface area contributed by atoms with Gasteiger partial charge in [0, 0.05) is 5.57 Å². The van der Waals surface area contributed by atoms with Gasteiger partial charge in [-0.1, -0.05) is 127 Å². The summed E-state index contributed by atoms with van der Waals surface area (Å²) in [4.78, 5) is 0.254. The van der Waals surface area contributed by atoms with Crippen molar-refractivity contribution in [2.24, 2.45) is 5.92 Å². The number of nitrogens with zero attached hydrogens (tertiary/aromatic N) is 1. The second-order valence-corrected chi connectivity index (χ2v) is 10.5. The Morgan fingerprint density at radius 3 is 1.82 bits per heavy atom. The molecule has 1 aliphatic carbocycles.